The third-order valence-corrected chi connectivity index (χ3v) is 4.70. The fourth-order valence-corrected chi connectivity index (χ4v) is 3.81. The van der Waals surface area contributed by atoms with Crippen molar-refractivity contribution in [3.63, 3.8) is 0 Å². The molecule has 0 unspecified atom stereocenters. The predicted molar refractivity (Wildman–Crippen MR) is 71.0 cm³/mol. The number of likely N-dealkylation sites (tertiary alicyclic amines) is 1. The lowest BCUT2D eigenvalue weighted by Crippen LogP contribution is -2.35. The highest BCUT2D eigenvalue weighted by Crippen LogP contribution is 2.47. The van der Waals surface area contributed by atoms with Crippen LogP contribution in [0.3, 0.4) is 0 Å². The second-order valence-electron chi connectivity index (χ2n) is 5.80. The standard InChI is InChI=1S/C14H28N2O/c1-2-17-11-13-10-16(9-8-15)12-14(13)6-4-3-5-7-14/h13H,2-12,15H2,1H3/t13-/m0/s1. The van der Waals surface area contributed by atoms with E-state index in [1.165, 1.54) is 45.2 Å². The van der Waals surface area contributed by atoms with Crippen molar-refractivity contribution in [2.24, 2.45) is 17.1 Å². The average Bonchev–Trinajstić information content (AvgIpc) is 2.66. The summed E-state index contributed by atoms with van der Waals surface area (Å²) in [4.78, 5) is 2.56. The van der Waals surface area contributed by atoms with Crippen LogP contribution in [0.4, 0.5) is 0 Å². The van der Waals surface area contributed by atoms with E-state index in [-0.39, 0.29) is 0 Å². The van der Waals surface area contributed by atoms with Gasteiger partial charge in [0.05, 0.1) is 6.61 Å². The Labute approximate surface area is 106 Å². The molecule has 2 fully saturated rings. The molecule has 2 rings (SSSR count). The molecule has 0 aromatic carbocycles. The monoisotopic (exact) mass is 240 g/mol. The minimum absolute atomic E-state index is 0.558. The minimum atomic E-state index is 0.558. The normalized spacial score (nSPS) is 28.9. The number of nitrogens with zero attached hydrogens (tertiary/aromatic N) is 1. The molecule has 0 aromatic heterocycles. The zero-order chi connectivity index (χ0) is 12.1. The molecule has 1 aliphatic heterocycles. The van der Waals surface area contributed by atoms with E-state index in [2.05, 4.69) is 11.8 Å². The zero-order valence-electron chi connectivity index (χ0n) is 11.3. The maximum Gasteiger partial charge on any atom is 0.0512 e. The minimum Gasteiger partial charge on any atom is -0.381 e. The van der Waals surface area contributed by atoms with E-state index in [0.29, 0.717) is 5.41 Å². The molecule has 0 aromatic rings. The Morgan fingerprint density at radius 2 is 2.06 bits per heavy atom. The van der Waals surface area contributed by atoms with Crippen molar-refractivity contribution in [3.05, 3.63) is 0 Å². The molecule has 17 heavy (non-hydrogen) atoms. The van der Waals surface area contributed by atoms with Crippen LogP contribution >= 0.6 is 0 Å². The van der Waals surface area contributed by atoms with Gasteiger partial charge in [0.25, 0.3) is 0 Å². The Bertz CT molecular complexity index is 226. The van der Waals surface area contributed by atoms with E-state index >= 15 is 0 Å². The van der Waals surface area contributed by atoms with E-state index < -0.39 is 0 Å². The Balaban J connectivity index is 1.98. The van der Waals surface area contributed by atoms with Gasteiger partial charge in [-0.05, 0) is 25.2 Å². The van der Waals surface area contributed by atoms with Gasteiger partial charge in [-0.2, -0.15) is 0 Å². The van der Waals surface area contributed by atoms with E-state index in [9.17, 15) is 0 Å². The van der Waals surface area contributed by atoms with Crippen molar-refractivity contribution in [1.82, 2.24) is 4.90 Å². The SMILES string of the molecule is CCOC[C@@H]1CN(CCN)CC12CCCCC2. The first-order chi connectivity index (χ1) is 8.30. The molecule has 0 amide bonds. The molecule has 1 saturated carbocycles. The largest absolute Gasteiger partial charge is 0.381 e. The molecule has 1 aliphatic carbocycles. The third kappa shape index (κ3) is 3.01. The summed E-state index contributed by atoms with van der Waals surface area (Å²) < 4.78 is 5.71. The Morgan fingerprint density at radius 3 is 2.71 bits per heavy atom. The van der Waals surface area contributed by atoms with Crippen LogP contribution in [0.25, 0.3) is 0 Å². The van der Waals surface area contributed by atoms with E-state index in [4.69, 9.17) is 10.5 Å². The molecule has 1 heterocycles. The van der Waals surface area contributed by atoms with Crippen molar-refractivity contribution >= 4 is 0 Å². The van der Waals surface area contributed by atoms with Crippen LogP contribution in [0.2, 0.25) is 0 Å². The molecule has 100 valence electrons. The summed E-state index contributed by atoms with van der Waals surface area (Å²) in [5, 5.41) is 0. The highest BCUT2D eigenvalue weighted by Gasteiger charge is 2.46. The number of nitrogens with two attached hydrogens (primary N) is 1. The Hall–Kier alpha value is -0.120. The van der Waals surface area contributed by atoms with Gasteiger partial charge in [-0.1, -0.05) is 19.3 Å². The number of hydrogen-bond acceptors (Lipinski definition) is 3. The number of rotatable bonds is 5. The summed E-state index contributed by atoms with van der Waals surface area (Å²) in [7, 11) is 0. The lowest BCUT2D eigenvalue weighted by atomic mass is 9.68. The quantitative estimate of drug-likeness (QED) is 0.797. The van der Waals surface area contributed by atoms with Crippen LogP contribution in [-0.4, -0.2) is 44.3 Å². The zero-order valence-corrected chi connectivity index (χ0v) is 11.3. The second kappa shape index (κ2) is 6.17. The van der Waals surface area contributed by atoms with E-state index in [0.717, 1.165) is 32.2 Å². The van der Waals surface area contributed by atoms with Crippen LogP contribution in [-0.2, 0) is 4.74 Å². The predicted octanol–water partition coefficient (Wildman–Crippen LogP) is 1.86. The molecule has 2 aliphatic rings. The van der Waals surface area contributed by atoms with Crippen LogP contribution in [0, 0.1) is 11.3 Å². The number of hydrogen-bond donors (Lipinski definition) is 1. The summed E-state index contributed by atoms with van der Waals surface area (Å²) in [6, 6.07) is 0. The van der Waals surface area contributed by atoms with E-state index in [1.54, 1.807) is 0 Å². The molecular weight excluding hydrogens is 212 g/mol. The molecule has 3 heteroatoms. The fraction of sp³-hybridized carbons (Fsp3) is 1.00. The van der Waals surface area contributed by atoms with Crippen LogP contribution in [0.1, 0.15) is 39.0 Å². The molecule has 3 nitrogen and oxygen atoms in total. The summed E-state index contributed by atoms with van der Waals surface area (Å²) in [6.45, 7) is 8.22. The van der Waals surface area contributed by atoms with Gasteiger partial charge in [-0.25, -0.2) is 0 Å². The van der Waals surface area contributed by atoms with Crippen molar-refractivity contribution in [1.29, 1.82) is 0 Å². The topological polar surface area (TPSA) is 38.5 Å². The van der Waals surface area contributed by atoms with Gasteiger partial charge in [-0.15, -0.1) is 0 Å². The van der Waals surface area contributed by atoms with Crippen molar-refractivity contribution < 1.29 is 4.74 Å². The molecular formula is C14H28N2O. The van der Waals surface area contributed by atoms with Crippen molar-refractivity contribution in [2.75, 3.05) is 39.4 Å². The second-order valence-corrected chi connectivity index (χ2v) is 5.80. The van der Waals surface area contributed by atoms with Gasteiger partial charge in [0.2, 0.25) is 0 Å². The van der Waals surface area contributed by atoms with Gasteiger partial charge in [0.15, 0.2) is 0 Å². The molecule has 2 N–H and O–H groups in total. The highest BCUT2D eigenvalue weighted by atomic mass is 16.5. The van der Waals surface area contributed by atoms with Crippen LogP contribution in [0.5, 0.6) is 0 Å². The molecule has 1 atom stereocenters. The smallest absolute Gasteiger partial charge is 0.0512 e. The summed E-state index contributed by atoms with van der Waals surface area (Å²) in [5.74, 6) is 0.745. The van der Waals surface area contributed by atoms with Gasteiger partial charge in [0.1, 0.15) is 0 Å². The van der Waals surface area contributed by atoms with Crippen LogP contribution < -0.4 is 5.73 Å². The molecule has 1 spiro atoms. The number of ether oxygens (including phenoxy) is 1. The lowest BCUT2D eigenvalue weighted by Gasteiger charge is -2.38. The maximum atomic E-state index is 5.71. The van der Waals surface area contributed by atoms with Gasteiger partial charge < -0.3 is 15.4 Å². The summed E-state index contributed by atoms with van der Waals surface area (Å²) in [6.07, 6.45) is 7.08. The van der Waals surface area contributed by atoms with Crippen LogP contribution in [0.15, 0.2) is 0 Å². The summed E-state index contributed by atoms with van der Waals surface area (Å²) in [5.41, 5.74) is 6.26. The fourth-order valence-electron chi connectivity index (χ4n) is 3.81. The molecule has 0 radical (unpaired) electrons. The first-order valence-corrected chi connectivity index (χ1v) is 7.31. The third-order valence-electron chi connectivity index (χ3n) is 4.70. The first kappa shape index (κ1) is 13.3. The van der Waals surface area contributed by atoms with Gasteiger partial charge in [0, 0.05) is 38.7 Å². The average molecular weight is 240 g/mol. The van der Waals surface area contributed by atoms with Crippen molar-refractivity contribution in [3.8, 4) is 0 Å². The molecule has 0 bridgehead atoms. The maximum absolute atomic E-state index is 5.71. The summed E-state index contributed by atoms with van der Waals surface area (Å²) >= 11 is 0. The Kier molecular flexibility index (Phi) is 4.83. The Morgan fingerprint density at radius 1 is 1.29 bits per heavy atom. The first-order valence-electron chi connectivity index (χ1n) is 7.31. The molecule has 1 saturated heterocycles. The van der Waals surface area contributed by atoms with E-state index in [1.807, 2.05) is 0 Å². The lowest BCUT2D eigenvalue weighted by molar-refractivity contribution is 0.0467. The highest BCUT2D eigenvalue weighted by molar-refractivity contribution is 4.98. The van der Waals surface area contributed by atoms with Gasteiger partial charge in [-0.3, -0.25) is 0 Å². The van der Waals surface area contributed by atoms with Gasteiger partial charge >= 0.3 is 0 Å². The van der Waals surface area contributed by atoms with Crippen molar-refractivity contribution in [2.45, 2.75) is 39.0 Å².